The number of nitrogens with two attached hydrogens (primary N) is 1. The Hall–Kier alpha value is -1.52. The molecule has 0 atom stereocenters. The van der Waals surface area contributed by atoms with Crippen LogP contribution in [-0.4, -0.2) is 23.4 Å². The monoisotopic (exact) mass is 306 g/mol. The maximum atomic E-state index is 12.7. The summed E-state index contributed by atoms with van der Waals surface area (Å²) in [5.41, 5.74) is 6.68. The van der Waals surface area contributed by atoms with Gasteiger partial charge in [0.05, 0.1) is 5.69 Å². The van der Waals surface area contributed by atoms with Crippen molar-refractivity contribution in [3.8, 4) is 0 Å². The first-order chi connectivity index (χ1) is 9.61. The van der Waals surface area contributed by atoms with Crippen molar-refractivity contribution in [2.45, 2.75) is 18.9 Å². The Kier molecular flexibility index (Phi) is 3.44. The van der Waals surface area contributed by atoms with Crippen LogP contribution in [0.5, 0.6) is 0 Å². The van der Waals surface area contributed by atoms with Crippen LogP contribution in [-0.2, 0) is 0 Å². The van der Waals surface area contributed by atoms with Crippen LogP contribution < -0.4 is 5.73 Å². The predicted octanol–water partition coefficient (Wildman–Crippen LogP) is 3.93. The fourth-order valence-electron chi connectivity index (χ4n) is 2.30. The second kappa shape index (κ2) is 5.11. The number of hydrogen-bond donors (Lipinski definition) is 1. The number of halogens is 1. The van der Waals surface area contributed by atoms with E-state index in [0.717, 1.165) is 22.9 Å². The lowest BCUT2D eigenvalue weighted by Gasteiger charge is -2.20. The van der Waals surface area contributed by atoms with Crippen molar-refractivity contribution in [1.82, 2.24) is 4.90 Å². The quantitative estimate of drug-likeness (QED) is 0.870. The highest BCUT2D eigenvalue weighted by atomic mass is 35.5. The number of nitrogens with zero attached hydrogens (tertiary/aromatic N) is 1. The molecule has 1 aromatic heterocycles. The van der Waals surface area contributed by atoms with E-state index in [-0.39, 0.29) is 5.91 Å². The van der Waals surface area contributed by atoms with Gasteiger partial charge >= 0.3 is 0 Å². The van der Waals surface area contributed by atoms with Crippen LogP contribution in [0.3, 0.4) is 0 Å². The molecule has 2 aromatic rings. The molecule has 0 saturated heterocycles. The number of fused-ring (bicyclic) bond motifs is 1. The lowest BCUT2D eigenvalue weighted by molar-refractivity contribution is 0.0768. The molecule has 3 nitrogen and oxygen atoms in total. The van der Waals surface area contributed by atoms with Crippen molar-refractivity contribution in [1.29, 1.82) is 0 Å². The minimum absolute atomic E-state index is 0.00206. The highest BCUT2D eigenvalue weighted by Crippen LogP contribution is 2.37. The molecule has 1 fully saturated rings. The van der Waals surface area contributed by atoms with Gasteiger partial charge in [-0.2, -0.15) is 0 Å². The molecular weight excluding hydrogens is 292 g/mol. The van der Waals surface area contributed by atoms with Crippen LogP contribution in [0.1, 0.15) is 22.5 Å². The summed E-state index contributed by atoms with van der Waals surface area (Å²) in [6, 6.07) is 5.88. The second-order valence-corrected chi connectivity index (χ2v) is 6.45. The zero-order chi connectivity index (χ0) is 14.3. The Morgan fingerprint density at radius 3 is 2.95 bits per heavy atom. The summed E-state index contributed by atoms with van der Waals surface area (Å²) in [5, 5.41) is 1.49. The Bertz CT molecular complexity index is 690. The highest BCUT2D eigenvalue weighted by molar-refractivity contribution is 7.21. The van der Waals surface area contributed by atoms with Crippen LogP contribution in [0.2, 0.25) is 5.02 Å². The van der Waals surface area contributed by atoms with E-state index >= 15 is 0 Å². The molecule has 0 radical (unpaired) electrons. The highest BCUT2D eigenvalue weighted by Gasteiger charge is 2.33. The minimum Gasteiger partial charge on any atom is -0.397 e. The smallest absolute Gasteiger partial charge is 0.266 e. The summed E-state index contributed by atoms with van der Waals surface area (Å²) in [7, 11) is 0. The molecule has 1 saturated carbocycles. The van der Waals surface area contributed by atoms with E-state index in [2.05, 4.69) is 6.58 Å². The fraction of sp³-hybridized carbons (Fsp3) is 0.267. The van der Waals surface area contributed by atoms with E-state index < -0.39 is 0 Å². The topological polar surface area (TPSA) is 46.3 Å². The molecule has 5 heteroatoms. The van der Waals surface area contributed by atoms with Crippen molar-refractivity contribution >= 4 is 44.6 Å². The van der Waals surface area contributed by atoms with Gasteiger partial charge in [0.2, 0.25) is 0 Å². The average molecular weight is 307 g/mol. The third-order valence-corrected chi connectivity index (χ3v) is 4.87. The van der Waals surface area contributed by atoms with Crippen molar-refractivity contribution in [3.05, 3.63) is 40.8 Å². The summed E-state index contributed by atoms with van der Waals surface area (Å²) in [4.78, 5) is 15.1. The largest absolute Gasteiger partial charge is 0.397 e. The van der Waals surface area contributed by atoms with E-state index in [0.29, 0.717) is 28.2 Å². The molecule has 1 aromatic carbocycles. The van der Waals surface area contributed by atoms with Crippen LogP contribution in [0.4, 0.5) is 5.69 Å². The van der Waals surface area contributed by atoms with Gasteiger partial charge in [0.15, 0.2) is 0 Å². The maximum Gasteiger partial charge on any atom is 0.266 e. The summed E-state index contributed by atoms with van der Waals surface area (Å²) in [6.45, 7) is 4.29. The van der Waals surface area contributed by atoms with Gasteiger partial charge in [-0.3, -0.25) is 4.79 Å². The number of hydrogen-bond acceptors (Lipinski definition) is 3. The first kappa shape index (κ1) is 13.5. The third-order valence-electron chi connectivity index (χ3n) is 3.46. The van der Waals surface area contributed by atoms with Gasteiger partial charge in [0, 0.05) is 27.7 Å². The first-order valence-electron chi connectivity index (χ1n) is 6.51. The number of nitrogen functional groups attached to an aromatic ring is 1. The summed E-state index contributed by atoms with van der Waals surface area (Å²) >= 11 is 7.42. The molecule has 0 spiro atoms. The van der Waals surface area contributed by atoms with Gasteiger partial charge in [-0.1, -0.05) is 17.7 Å². The average Bonchev–Trinajstić information content (AvgIpc) is 3.22. The summed E-state index contributed by atoms with van der Waals surface area (Å²) in [5.74, 6) is 0.00206. The van der Waals surface area contributed by atoms with Crippen LogP contribution in [0.25, 0.3) is 10.1 Å². The molecule has 1 heterocycles. The molecule has 3 rings (SSSR count). The lowest BCUT2D eigenvalue weighted by atomic mass is 10.2. The zero-order valence-corrected chi connectivity index (χ0v) is 12.5. The molecule has 0 aliphatic heterocycles. The third kappa shape index (κ3) is 2.30. The number of anilines is 1. The first-order valence-corrected chi connectivity index (χ1v) is 7.70. The Labute approximate surface area is 126 Å². The molecule has 1 aliphatic rings. The van der Waals surface area contributed by atoms with Crippen molar-refractivity contribution in [3.63, 3.8) is 0 Å². The second-order valence-electron chi connectivity index (χ2n) is 4.96. The van der Waals surface area contributed by atoms with Gasteiger partial charge < -0.3 is 10.6 Å². The van der Waals surface area contributed by atoms with Gasteiger partial charge in [0.25, 0.3) is 5.91 Å². The van der Waals surface area contributed by atoms with E-state index in [1.165, 1.54) is 11.3 Å². The van der Waals surface area contributed by atoms with E-state index in [1.807, 2.05) is 23.1 Å². The standard InChI is InChI=1S/C15H15ClN2OS/c1-2-7-18(10-4-5-10)15(19)14-13(17)11-8-9(16)3-6-12(11)20-14/h2-3,6,8,10H,1,4-5,7,17H2. The van der Waals surface area contributed by atoms with Crippen molar-refractivity contribution < 1.29 is 4.79 Å². The van der Waals surface area contributed by atoms with Crippen molar-refractivity contribution in [2.75, 3.05) is 12.3 Å². The molecule has 0 unspecified atom stereocenters. The van der Waals surface area contributed by atoms with Crippen LogP contribution in [0.15, 0.2) is 30.9 Å². The number of rotatable bonds is 4. The van der Waals surface area contributed by atoms with Crippen molar-refractivity contribution in [2.24, 2.45) is 0 Å². The van der Waals surface area contributed by atoms with Gasteiger partial charge in [-0.05, 0) is 31.0 Å². The Balaban J connectivity index is 2.02. The fourth-order valence-corrected chi connectivity index (χ4v) is 3.53. The predicted molar refractivity (Wildman–Crippen MR) is 85.5 cm³/mol. The van der Waals surface area contributed by atoms with E-state index in [4.69, 9.17) is 17.3 Å². The number of carbonyl (C=O) groups excluding carboxylic acids is 1. The molecule has 20 heavy (non-hydrogen) atoms. The van der Waals surface area contributed by atoms with Gasteiger partial charge in [0.1, 0.15) is 4.88 Å². The normalized spacial score (nSPS) is 14.4. The molecular formula is C15H15ClN2OS. The number of benzene rings is 1. The number of thiophene rings is 1. The summed E-state index contributed by atoms with van der Waals surface area (Å²) < 4.78 is 0.990. The molecule has 104 valence electrons. The Morgan fingerprint density at radius 2 is 2.30 bits per heavy atom. The minimum atomic E-state index is 0.00206. The maximum absolute atomic E-state index is 12.7. The van der Waals surface area contributed by atoms with E-state index in [9.17, 15) is 4.79 Å². The Morgan fingerprint density at radius 1 is 1.55 bits per heavy atom. The molecule has 1 amide bonds. The lowest BCUT2D eigenvalue weighted by Crippen LogP contribution is -2.33. The molecule has 0 bridgehead atoms. The van der Waals surface area contributed by atoms with Crippen LogP contribution >= 0.6 is 22.9 Å². The number of amides is 1. The number of carbonyl (C=O) groups is 1. The van der Waals surface area contributed by atoms with E-state index in [1.54, 1.807) is 6.08 Å². The summed E-state index contributed by atoms with van der Waals surface area (Å²) in [6.07, 6.45) is 3.89. The van der Waals surface area contributed by atoms with Gasteiger partial charge in [-0.15, -0.1) is 17.9 Å². The SMILES string of the molecule is C=CCN(C(=O)c1sc2ccc(Cl)cc2c1N)C1CC1. The molecule has 2 N–H and O–H groups in total. The van der Waals surface area contributed by atoms with Crippen LogP contribution in [0, 0.1) is 0 Å². The molecule has 1 aliphatic carbocycles. The zero-order valence-electron chi connectivity index (χ0n) is 10.9. The van der Waals surface area contributed by atoms with Gasteiger partial charge in [-0.25, -0.2) is 0 Å².